The number of nitrogens with one attached hydrogen (secondary N) is 1. The highest BCUT2D eigenvalue weighted by Gasteiger charge is 2.20. The van der Waals surface area contributed by atoms with Gasteiger partial charge in [-0.05, 0) is 66.6 Å². The average molecular weight is 486 g/mol. The number of hydrazone groups is 1. The van der Waals surface area contributed by atoms with E-state index < -0.39 is 15.9 Å². The zero-order valence-electron chi connectivity index (χ0n) is 18.2. The summed E-state index contributed by atoms with van der Waals surface area (Å²) in [5.74, 6) is 0.122. The minimum absolute atomic E-state index is 0.379. The molecule has 0 aliphatic rings. The van der Waals surface area contributed by atoms with Crippen LogP contribution in [-0.4, -0.2) is 33.3 Å². The van der Waals surface area contributed by atoms with Gasteiger partial charge in [0.25, 0.3) is 5.91 Å². The van der Waals surface area contributed by atoms with Gasteiger partial charge >= 0.3 is 0 Å². The molecule has 7 nitrogen and oxygen atoms in total. The molecule has 3 rings (SSSR count). The van der Waals surface area contributed by atoms with E-state index in [4.69, 9.17) is 16.3 Å². The van der Waals surface area contributed by atoms with Crippen LogP contribution in [0.4, 0.5) is 5.69 Å². The van der Waals surface area contributed by atoms with Gasteiger partial charge in [-0.15, -0.1) is 0 Å². The maximum absolute atomic E-state index is 12.3. The Balaban J connectivity index is 1.54. The lowest BCUT2D eigenvalue weighted by Gasteiger charge is -2.21. The number of amides is 1. The van der Waals surface area contributed by atoms with Crippen molar-refractivity contribution < 1.29 is 17.9 Å². The smallest absolute Gasteiger partial charge is 0.260 e. The Kier molecular flexibility index (Phi) is 8.08. The molecule has 3 aromatic rings. The van der Waals surface area contributed by atoms with Crippen molar-refractivity contribution in [1.29, 1.82) is 0 Å². The molecule has 0 saturated heterocycles. The maximum atomic E-state index is 12.3. The summed E-state index contributed by atoms with van der Waals surface area (Å²) in [4.78, 5) is 12.3. The summed E-state index contributed by atoms with van der Waals surface area (Å²) in [5.41, 5.74) is 5.47. The standard InChI is InChI=1S/C24H24ClN3O4S/c1-18-6-10-22(11-7-18)28(33(2,30)31)16-24(29)27-26-15-19-8-12-23(13-9-19)32-17-20-4-3-5-21(25)14-20/h3-15H,16-17H2,1-2H3,(H,27,29)/b26-15-. The van der Waals surface area contributed by atoms with E-state index in [-0.39, 0.29) is 6.54 Å². The predicted molar refractivity (Wildman–Crippen MR) is 131 cm³/mol. The Bertz CT molecular complexity index is 1230. The number of ether oxygens (including phenoxy) is 1. The van der Waals surface area contributed by atoms with Crippen LogP contribution in [-0.2, 0) is 21.4 Å². The highest BCUT2D eigenvalue weighted by molar-refractivity contribution is 7.92. The van der Waals surface area contributed by atoms with E-state index in [0.717, 1.165) is 27.3 Å². The molecule has 0 fully saturated rings. The molecule has 0 bridgehead atoms. The summed E-state index contributed by atoms with van der Waals surface area (Å²) < 4.78 is 31.0. The van der Waals surface area contributed by atoms with Crippen molar-refractivity contribution in [2.45, 2.75) is 13.5 Å². The molecule has 0 spiro atoms. The molecule has 0 radical (unpaired) electrons. The molecular formula is C24H24ClN3O4S. The lowest BCUT2D eigenvalue weighted by Crippen LogP contribution is -2.39. The van der Waals surface area contributed by atoms with E-state index in [1.807, 2.05) is 25.1 Å². The molecule has 0 aromatic heterocycles. The Morgan fingerprint density at radius 2 is 1.79 bits per heavy atom. The highest BCUT2D eigenvalue weighted by atomic mass is 35.5. The lowest BCUT2D eigenvalue weighted by molar-refractivity contribution is -0.119. The highest BCUT2D eigenvalue weighted by Crippen LogP contribution is 2.18. The van der Waals surface area contributed by atoms with E-state index in [1.165, 1.54) is 6.21 Å². The zero-order valence-corrected chi connectivity index (χ0v) is 19.8. The molecule has 1 N–H and O–H groups in total. The third kappa shape index (κ3) is 7.62. The fraction of sp³-hybridized carbons (Fsp3) is 0.167. The van der Waals surface area contributed by atoms with E-state index in [2.05, 4.69) is 10.5 Å². The number of carbonyl (C=O) groups excluding carboxylic acids is 1. The second-order valence-electron chi connectivity index (χ2n) is 7.39. The first-order valence-corrected chi connectivity index (χ1v) is 12.3. The topological polar surface area (TPSA) is 88.1 Å². The number of rotatable bonds is 9. The normalized spacial score (nSPS) is 11.4. The first-order valence-electron chi connectivity index (χ1n) is 10.0. The van der Waals surface area contributed by atoms with Crippen molar-refractivity contribution in [2.75, 3.05) is 17.1 Å². The second kappa shape index (κ2) is 11.0. The largest absolute Gasteiger partial charge is 0.489 e. The number of halogens is 1. The van der Waals surface area contributed by atoms with Gasteiger partial charge in [0.2, 0.25) is 10.0 Å². The Morgan fingerprint density at radius 1 is 1.09 bits per heavy atom. The molecule has 9 heteroatoms. The number of benzene rings is 3. The number of sulfonamides is 1. The fourth-order valence-corrected chi connectivity index (χ4v) is 3.97. The Morgan fingerprint density at radius 3 is 2.42 bits per heavy atom. The van der Waals surface area contributed by atoms with Gasteiger partial charge in [-0.25, -0.2) is 13.8 Å². The van der Waals surface area contributed by atoms with Crippen molar-refractivity contribution >= 4 is 39.4 Å². The summed E-state index contributed by atoms with van der Waals surface area (Å²) in [6, 6.07) is 21.5. The minimum atomic E-state index is -3.64. The first-order chi connectivity index (χ1) is 15.7. The Hall–Kier alpha value is -3.36. The van der Waals surface area contributed by atoms with Crippen molar-refractivity contribution in [1.82, 2.24) is 5.43 Å². The van der Waals surface area contributed by atoms with Crippen molar-refractivity contribution in [3.05, 3.63) is 94.5 Å². The van der Waals surface area contributed by atoms with Gasteiger partial charge in [-0.3, -0.25) is 9.10 Å². The summed E-state index contributed by atoms with van der Waals surface area (Å²) in [6.45, 7) is 1.91. The van der Waals surface area contributed by atoms with Crippen LogP contribution in [0.2, 0.25) is 5.02 Å². The van der Waals surface area contributed by atoms with Crippen LogP contribution in [0.1, 0.15) is 16.7 Å². The average Bonchev–Trinajstić information content (AvgIpc) is 2.77. The molecule has 0 aliphatic carbocycles. The van der Waals surface area contributed by atoms with Crippen LogP contribution in [0.3, 0.4) is 0 Å². The molecule has 0 atom stereocenters. The molecule has 33 heavy (non-hydrogen) atoms. The summed E-state index contributed by atoms with van der Waals surface area (Å²) in [7, 11) is -3.64. The quantitative estimate of drug-likeness (QED) is 0.364. The van der Waals surface area contributed by atoms with Crippen LogP contribution in [0.5, 0.6) is 5.75 Å². The number of nitrogens with zero attached hydrogens (tertiary/aromatic N) is 2. The zero-order chi connectivity index (χ0) is 23.8. The van der Waals surface area contributed by atoms with Crippen molar-refractivity contribution in [3.63, 3.8) is 0 Å². The van der Waals surface area contributed by atoms with Crippen molar-refractivity contribution in [3.8, 4) is 5.75 Å². The van der Waals surface area contributed by atoms with Gasteiger partial charge in [0, 0.05) is 5.02 Å². The van der Waals surface area contributed by atoms with Crippen LogP contribution >= 0.6 is 11.6 Å². The van der Waals surface area contributed by atoms with Crippen LogP contribution in [0.15, 0.2) is 77.9 Å². The SMILES string of the molecule is Cc1ccc(N(CC(=O)N/N=C\c2ccc(OCc3cccc(Cl)c3)cc2)S(C)(=O)=O)cc1. The number of carbonyl (C=O) groups is 1. The summed E-state index contributed by atoms with van der Waals surface area (Å²) in [6.07, 6.45) is 2.52. The molecule has 172 valence electrons. The fourth-order valence-electron chi connectivity index (χ4n) is 2.90. The monoisotopic (exact) mass is 485 g/mol. The van der Waals surface area contributed by atoms with Gasteiger partial charge in [0.1, 0.15) is 18.9 Å². The molecular weight excluding hydrogens is 462 g/mol. The first kappa shape index (κ1) is 24.3. The third-order valence-electron chi connectivity index (χ3n) is 4.59. The number of hydrogen-bond donors (Lipinski definition) is 1. The maximum Gasteiger partial charge on any atom is 0.260 e. The third-order valence-corrected chi connectivity index (χ3v) is 5.96. The predicted octanol–water partition coefficient (Wildman–Crippen LogP) is 4.14. The van der Waals surface area contributed by atoms with E-state index in [0.29, 0.717) is 23.1 Å². The van der Waals surface area contributed by atoms with Crippen molar-refractivity contribution in [2.24, 2.45) is 5.10 Å². The summed E-state index contributed by atoms with van der Waals surface area (Å²) in [5, 5.41) is 4.57. The van der Waals surface area contributed by atoms with E-state index >= 15 is 0 Å². The van der Waals surface area contributed by atoms with Crippen LogP contribution in [0, 0.1) is 6.92 Å². The molecule has 0 saturated carbocycles. The van der Waals surface area contributed by atoms with Gasteiger partial charge < -0.3 is 4.74 Å². The molecule has 0 aliphatic heterocycles. The van der Waals surface area contributed by atoms with Gasteiger partial charge in [-0.1, -0.05) is 41.4 Å². The minimum Gasteiger partial charge on any atom is -0.489 e. The van der Waals surface area contributed by atoms with Gasteiger partial charge in [0.05, 0.1) is 18.2 Å². The molecule has 1 amide bonds. The number of hydrogen-bond acceptors (Lipinski definition) is 5. The molecule has 3 aromatic carbocycles. The van der Waals surface area contributed by atoms with Gasteiger partial charge in [-0.2, -0.15) is 5.10 Å². The number of aryl methyl sites for hydroxylation is 1. The molecule has 0 heterocycles. The van der Waals surface area contributed by atoms with Gasteiger partial charge in [0.15, 0.2) is 0 Å². The lowest BCUT2D eigenvalue weighted by atomic mass is 10.2. The summed E-state index contributed by atoms with van der Waals surface area (Å²) >= 11 is 5.97. The van der Waals surface area contributed by atoms with E-state index in [1.54, 1.807) is 54.6 Å². The van der Waals surface area contributed by atoms with Crippen LogP contribution in [0.25, 0.3) is 0 Å². The van der Waals surface area contributed by atoms with E-state index in [9.17, 15) is 13.2 Å². The molecule has 0 unspecified atom stereocenters. The van der Waals surface area contributed by atoms with Crippen LogP contribution < -0.4 is 14.5 Å². The second-order valence-corrected chi connectivity index (χ2v) is 9.73. The Labute approximate surface area is 198 Å². The number of anilines is 1.